The third kappa shape index (κ3) is 3.91. The summed E-state index contributed by atoms with van der Waals surface area (Å²) in [5.74, 6) is 1.09. The lowest BCUT2D eigenvalue weighted by molar-refractivity contribution is -0.122. The summed E-state index contributed by atoms with van der Waals surface area (Å²) < 4.78 is 7.77. The SMILES string of the molecule is Cc1ccc(CNC(=O)CN2C(=O)c3ccccc3[C@@H]2c2c(-c3ccccc3)n(C)c3ccccc23)o1. The van der Waals surface area contributed by atoms with Gasteiger partial charge in [0.2, 0.25) is 5.91 Å². The Morgan fingerprint density at radius 2 is 1.65 bits per heavy atom. The molecule has 2 amide bonds. The predicted octanol–water partition coefficient (Wildman–Crippen LogP) is 5.61. The van der Waals surface area contributed by atoms with E-state index in [1.54, 1.807) is 4.90 Å². The van der Waals surface area contributed by atoms with Crippen molar-refractivity contribution in [2.75, 3.05) is 6.54 Å². The van der Waals surface area contributed by atoms with E-state index in [1.807, 2.05) is 73.7 Å². The fraction of sp³-hybridized carbons (Fsp3) is 0.161. The summed E-state index contributed by atoms with van der Waals surface area (Å²) in [6.07, 6.45) is 0. The smallest absolute Gasteiger partial charge is 0.255 e. The van der Waals surface area contributed by atoms with Crippen LogP contribution in [0.4, 0.5) is 0 Å². The third-order valence-electron chi connectivity index (χ3n) is 7.09. The molecule has 0 bridgehead atoms. The summed E-state index contributed by atoms with van der Waals surface area (Å²) in [7, 11) is 2.05. The van der Waals surface area contributed by atoms with E-state index in [4.69, 9.17) is 4.42 Å². The van der Waals surface area contributed by atoms with Gasteiger partial charge in [-0.05, 0) is 42.3 Å². The zero-order valence-electron chi connectivity index (χ0n) is 20.8. The number of hydrogen-bond donors (Lipinski definition) is 1. The Balaban J connectivity index is 1.46. The molecule has 5 aromatic rings. The number of nitrogens with one attached hydrogen (secondary N) is 1. The van der Waals surface area contributed by atoms with Crippen molar-refractivity contribution in [2.24, 2.45) is 7.05 Å². The lowest BCUT2D eigenvalue weighted by Gasteiger charge is -2.26. The molecule has 3 heterocycles. The van der Waals surface area contributed by atoms with Crippen LogP contribution in [0.1, 0.15) is 39.0 Å². The lowest BCUT2D eigenvalue weighted by atomic mass is 9.93. The first-order valence-corrected chi connectivity index (χ1v) is 12.4. The van der Waals surface area contributed by atoms with Gasteiger partial charge in [-0.1, -0.05) is 66.7 Å². The molecule has 3 aromatic carbocycles. The van der Waals surface area contributed by atoms with Gasteiger partial charge in [0.1, 0.15) is 18.1 Å². The van der Waals surface area contributed by atoms with Crippen LogP contribution in [-0.4, -0.2) is 27.8 Å². The number of aryl methyl sites for hydroxylation is 2. The Kier molecular flexibility index (Phi) is 5.64. The summed E-state index contributed by atoms with van der Waals surface area (Å²) in [4.78, 5) is 28.5. The number of fused-ring (bicyclic) bond motifs is 2. The van der Waals surface area contributed by atoms with Gasteiger partial charge in [-0.25, -0.2) is 0 Å². The maximum Gasteiger partial charge on any atom is 0.255 e. The molecular weight excluding hydrogens is 462 g/mol. The highest BCUT2D eigenvalue weighted by molar-refractivity contribution is 6.03. The first-order valence-electron chi connectivity index (χ1n) is 12.4. The van der Waals surface area contributed by atoms with Crippen molar-refractivity contribution in [3.8, 4) is 11.3 Å². The van der Waals surface area contributed by atoms with Crippen LogP contribution >= 0.6 is 0 Å². The number of aromatic nitrogens is 1. The largest absolute Gasteiger partial charge is 0.465 e. The molecule has 1 aliphatic rings. The van der Waals surface area contributed by atoms with Gasteiger partial charge in [0.25, 0.3) is 5.91 Å². The highest BCUT2D eigenvalue weighted by Gasteiger charge is 2.41. The van der Waals surface area contributed by atoms with Crippen molar-refractivity contribution in [2.45, 2.75) is 19.5 Å². The van der Waals surface area contributed by atoms with Crippen LogP contribution in [0.25, 0.3) is 22.2 Å². The number of carbonyl (C=O) groups is 2. The number of para-hydroxylation sites is 1. The number of carbonyl (C=O) groups excluding carboxylic acids is 2. The third-order valence-corrected chi connectivity index (χ3v) is 7.09. The molecule has 0 spiro atoms. The van der Waals surface area contributed by atoms with E-state index < -0.39 is 6.04 Å². The Bertz CT molecular complexity index is 1630. The topological polar surface area (TPSA) is 67.5 Å². The average molecular weight is 490 g/mol. The van der Waals surface area contributed by atoms with Crippen LogP contribution in [0.15, 0.2) is 95.4 Å². The van der Waals surface area contributed by atoms with Crippen LogP contribution in [-0.2, 0) is 18.4 Å². The molecule has 0 unspecified atom stereocenters. The molecule has 0 aliphatic carbocycles. The van der Waals surface area contributed by atoms with E-state index >= 15 is 0 Å². The molecule has 184 valence electrons. The van der Waals surface area contributed by atoms with Gasteiger partial charge in [-0.15, -0.1) is 0 Å². The van der Waals surface area contributed by atoms with E-state index in [0.29, 0.717) is 11.3 Å². The van der Waals surface area contributed by atoms with Crippen LogP contribution < -0.4 is 5.32 Å². The van der Waals surface area contributed by atoms with Crippen molar-refractivity contribution in [1.29, 1.82) is 0 Å². The van der Waals surface area contributed by atoms with E-state index in [2.05, 4.69) is 41.2 Å². The van der Waals surface area contributed by atoms with Crippen LogP contribution in [0.5, 0.6) is 0 Å². The molecule has 0 radical (unpaired) electrons. The zero-order valence-corrected chi connectivity index (χ0v) is 20.8. The van der Waals surface area contributed by atoms with Gasteiger partial charge < -0.3 is 19.2 Å². The fourth-order valence-electron chi connectivity index (χ4n) is 5.47. The summed E-state index contributed by atoms with van der Waals surface area (Å²) in [5.41, 5.74) is 5.74. The second-order valence-corrected chi connectivity index (χ2v) is 9.42. The van der Waals surface area contributed by atoms with E-state index in [0.717, 1.165) is 39.0 Å². The van der Waals surface area contributed by atoms with Gasteiger partial charge in [0.15, 0.2) is 0 Å². The molecule has 1 aliphatic heterocycles. The number of furan rings is 1. The average Bonchev–Trinajstić information content (AvgIpc) is 3.56. The first kappa shape index (κ1) is 22.9. The lowest BCUT2D eigenvalue weighted by Crippen LogP contribution is -2.39. The maximum atomic E-state index is 13.7. The van der Waals surface area contributed by atoms with E-state index in [-0.39, 0.29) is 24.9 Å². The fourth-order valence-corrected chi connectivity index (χ4v) is 5.47. The van der Waals surface area contributed by atoms with Crippen molar-refractivity contribution in [1.82, 2.24) is 14.8 Å². The maximum absolute atomic E-state index is 13.7. The monoisotopic (exact) mass is 489 g/mol. The van der Waals surface area contributed by atoms with Crippen molar-refractivity contribution in [3.63, 3.8) is 0 Å². The molecule has 2 aromatic heterocycles. The zero-order chi connectivity index (χ0) is 25.5. The van der Waals surface area contributed by atoms with Crippen LogP contribution in [0.3, 0.4) is 0 Å². The number of benzene rings is 3. The van der Waals surface area contributed by atoms with Crippen molar-refractivity contribution >= 4 is 22.7 Å². The minimum Gasteiger partial charge on any atom is -0.465 e. The predicted molar refractivity (Wildman–Crippen MR) is 143 cm³/mol. The Morgan fingerprint density at radius 3 is 2.43 bits per heavy atom. The summed E-state index contributed by atoms with van der Waals surface area (Å²) in [6, 6.07) is 29.4. The molecule has 6 nitrogen and oxygen atoms in total. The molecule has 1 atom stereocenters. The molecule has 0 saturated carbocycles. The second-order valence-electron chi connectivity index (χ2n) is 9.42. The van der Waals surface area contributed by atoms with Gasteiger partial charge in [-0.3, -0.25) is 9.59 Å². The molecule has 0 fully saturated rings. The molecule has 1 N–H and O–H groups in total. The van der Waals surface area contributed by atoms with Gasteiger partial charge in [0.05, 0.1) is 18.3 Å². The molecule has 6 rings (SSSR count). The Morgan fingerprint density at radius 1 is 0.919 bits per heavy atom. The standard InChI is InChI=1S/C31H27N3O3/c1-20-16-17-22(37-20)18-32-27(35)19-34-30(23-12-6-7-13-24(23)31(34)36)28-25-14-8-9-15-26(25)33(2)29(28)21-10-4-3-5-11-21/h3-17,30H,18-19H2,1-2H3,(H,32,35)/t30-/m1/s1. The minimum absolute atomic E-state index is 0.0602. The van der Waals surface area contributed by atoms with Gasteiger partial charge in [0, 0.05) is 29.1 Å². The molecular formula is C31H27N3O3. The first-order chi connectivity index (χ1) is 18.0. The summed E-state index contributed by atoms with van der Waals surface area (Å²) in [6.45, 7) is 2.08. The van der Waals surface area contributed by atoms with Crippen LogP contribution in [0.2, 0.25) is 0 Å². The summed E-state index contributed by atoms with van der Waals surface area (Å²) in [5, 5.41) is 3.98. The Labute approximate surface area is 215 Å². The number of nitrogens with zero attached hydrogens (tertiary/aromatic N) is 2. The molecule has 37 heavy (non-hydrogen) atoms. The number of rotatable bonds is 6. The van der Waals surface area contributed by atoms with Crippen LogP contribution in [0, 0.1) is 6.92 Å². The highest BCUT2D eigenvalue weighted by Crippen LogP contribution is 2.46. The Hall–Kier alpha value is -4.58. The van der Waals surface area contributed by atoms with Gasteiger partial charge in [-0.2, -0.15) is 0 Å². The minimum atomic E-state index is -0.401. The number of amides is 2. The van der Waals surface area contributed by atoms with E-state index in [9.17, 15) is 9.59 Å². The highest BCUT2D eigenvalue weighted by atomic mass is 16.3. The molecule has 0 saturated heterocycles. The molecule has 6 heteroatoms. The van der Waals surface area contributed by atoms with Gasteiger partial charge >= 0.3 is 0 Å². The quantitative estimate of drug-likeness (QED) is 0.337. The van der Waals surface area contributed by atoms with Crippen molar-refractivity contribution < 1.29 is 14.0 Å². The number of hydrogen-bond acceptors (Lipinski definition) is 3. The second kappa shape index (κ2) is 9.13. The van der Waals surface area contributed by atoms with E-state index in [1.165, 1.54) is 0 Å². The normalized spacial score (nSPS) is 14.8. The van der Waals surface area contributed by atoms with Crippen molar-refractivity contribution in [3.05, 3.63) is 119 Å². The summed E-state index contributed by atoms with van der Waals surface area (Å²) >= 11 is 0.